The number of amides is 1. The molecule has 0 radical (unpaired) electrons. The van der Waals surface area contributed by atoms with Crippen LogP contribution in [0.25, 0.3) is 0 Å². The summed E-state index contributed by atoms with van der Waals surface area (Å²) in [5.41, 5.74) is -5.22. The number of carbonyl (C=O) groups excluding carboxylic acids is 3. The van der Waals surface area contributed by atoms with E-state index in [-0.39, 0.29) is 63.9 Å². The minimum atomic E-state index is -1.28. The summed E-state index contributed by atoms with van der Waals surface area (Å²) in [5, 5.41) is 25.0. The minimum Gasteiger partial charge on any atom is -0.448 e. The summed E-state index contributed by atoms with van der Waals surface area (Å²) in [5.74, 6) is 0.970. The van der Waals surface area contributed by atoms with Crippen molar-refractivity contribution < 1.29 is 33.7 Å². The summed E-state index contributed by atoms with van der Waals surface area (Å²) in [6, 6.07) is 4.55. The van der Waals surface area contributed by atoms with Crippen LogP contribution < -0.4 is 0 Å². The molecule has 11 aliphatic carbocycles. The molecule has 13 rings (SSSR count). The van der Waals surface area contributed by atoms with Gasteiger partial charge < -0.3 is 19.8 Å². The number of hydrogen-bond acceptors (Lipinski definition) is 6. The van der Waals surface area contributed by atoms with Gasteiger partial charge in [-0.25, -0.2) is 4.39 Å². The number of aliphatic hydroxyl groups excluding tert-OH is 1. The van der Waals surface area contributed by atoms with Crippen molar-refractivity contribution in [2.24, 2.45) is 67.5 Å². The molecule has 324 valence electrons. The largest absolute Gasteiger partial charge is 0.448 e. The van der Waals surface area contributed by atoms with Gasteiger partial charge in [0.1, 0.15) is 5.82 Å². The Balaban J connectivity index is 0.993. The highest BCUT2D eigenvalue weighted by molar-refractivity contribution is 6.31. The fourth-order valence-corrected chi connectivity index (χ4v) is 18.2. The summed E-state index contributed by atoms with van der Waals surface area (Å²) in [6.07, 6.45) is 19.2. The fourth-order valence-electron chi connectivity index (χ4n) is 18.0. The highest BCUT2D eigenvalue weighted by Gasteiger charge is 2.78. The van der Waals surface area contributed by atoms with Crippen LogP contribution in [0, 0.1) is 73.3 Å². The topological polar surface area (TPSA) is 104 Å². The summed E-state index contributed by atoms with van der Waals surface area (Å²) >= 11 is 6.56. The van der Waals surface area contributed by atoms with Crippen LogP contribution in [-0.2, 0) is 25.5 Å². The van der Waals surface area contributed by atoms with E-state index < -0.39 is 50.2 Å². The monoisotopic (exact) mass is 841 g/mol. The molecule has 9 heteroatoms. The third-order valence-electron chi connectivity index (χ3n) is 21.3. The summed E-state index contributed by atoms with van der Waals surface area (Å²) in [6.45, 7) is 11.4. The van der Waals surface area contributed by atoms with Crippen molar-refractivity contribution in [2.75, 3.05) is 13.1 Å². The van der Waals surface area contributed by atoms with Gasteiger partial charge in [0, 0.05) is 50.8 Å². The zero-order chi connectivity index (χ0) is 42.3. The van der Waals surface area contributed by atoms with E-state index in [4.69, 9.17) is 16.3 Å². The van der Waals surface area contributed by atoms with Crippen molar-refractivity contribution in [1.82, 2.24) is 4.90 Å². The number of Topliss-reactive ketones (excluding diaryl/α,β-unsaturated/α-hetero) is 1. The lowest BCUT2D eigenvalue weighted by atomic mass is 9.32. The molecule has 0 aromatic heterocycles. The Bertz CT molecular complexity index is 2110. The Labute approximate surface area is 360 Å². The van der Waals surface area contributed by atoms with Crippen LogP contribution in [0.1, 0.15) is 136 Å². The highest BCUT2D eigenvalue weighted by Crippen LogP contribution is 2.79. The lowest BCUT2D eigenvalue weighted by Crippen LogP contribution is -2.68. The zero-order valence-corrected chi connectivity index (χ0v) is 37.1. The standard InChI is InChI=1S/C51H65ClFNO6/c1-43(2)46(5)15-18-51(43,60-42(46)58)41(57)54(28-47-23-30-19-31(24-47)21-32(20-30)25-47)29-49(59)14-11-40-45(49,4)13-10-39-44(3)12-9-33(55)26-48(44)16-17-50(39,40)35(27-48)38(56)22-34-36(52)7-6-8-37(34)53/h6-8,16-17,27,30-33,39-40,55,59H,9-15,18-26,28-29H2,1-5H3. The number of halogens is 2. The number of benzene rings is 1. The molecule has 1 saturated heterocycles. The molecule has 1 aromatic carbocycles. The molecular weight excluding hydrogens is 777 g/mol. The number of fused-ring (bicyclic) bond motifs is 3. The number of allylic oxidation sites excluding steroid dienone is 4. The predicted octanol–water partition coefficient (Wildman–Crippen LogP) is 9.35. The Morgan fingerprint density at radius 1 is 0.850 bits per heavy atom. The molecule has 2 N–H and O–H groups in total. The van der Waals surface area contributed by atoms with Gasteiger partial charge in [0.2, 0.25) is 0 Å². The third-order valence-corrected chi connectivity index (χ3v) is 21.6. The first-order chi connectivity index (χ1) is 28.2. The van der Waals surface area contributed by atoms with Crippen LogP contribution in [-0.4, -0.2) is 63.2 Å². The molecule has 1 aliphatic heterocycles. The van der Waals surface area contributed by atoms with Gasteiger partial charge in [-0.05, 0) is 156 Å². The second kappa shape index (κ2) is 12.4. The second-order valence-electron chi connectivity index (χ2n) is 23.9. The molecule has 10 atom stereocenters. The van der Waals surface area contributed by atoms with E-state index in [9.17, 15) is 15.0 Å². The van der Waals surface area contributed by atoms with E-state index in [2.05, 4.69) is 32.1 Å². The zero-order valence-electron chi connectivity index (χ0n) is 36.4. The Morgan fingerprint density at radius 2 is 1.50 bits per heavy atom. The number of carbonyl (C=O) groups is 3. The average Bonchev–Trinajstić information content (AvgIpc) is 3.63. The molecule has 60 heavy (non-hydrogen) atoms. The number of ether oxygens (including phenoxy) is 1. The molecule has 8 saturated carbocycles. The summed E-state index contributed by atoms with van der Waals surface area (Å²) in [4.78, 5) is 46.4. The number of hydrogen-bond donors (Lipinski definition) is 2. The smallest absolute Gasteiger partial charge is 0.313 e. The maximum Gasteiger partial charge on any atom is 0.313 e. The van der Waals surface area contributed by atoms with Gasteiger partial charge in [0.05, 0.1) is 23.7 Å². The van der Waals surface area contributed by atoms with Crippen LogP contribution >= 0.6 is 11.6 Å². The van der Waals surface area contributed by atoms with Crippen molar-refractivity contribution in [3.63, 3.8) is 0 Å². The highest BCUT2D eigenvalue weighted by atomic mass is 35.5. The van der Waals surface area contributed by atoms with Crippen molar-refractivity contribution in [1.29, 1.82) is 0 Å². The molecule has 2 spiro atoms. The average molecular weight is 843 g/mol. The van der Waals surface area contributed by atoms with E-state index in [0.29, 0.717) is 68.4 Å². The van der Waals surface area contributed by atoms with E-state index in [1.165, 1.54) is 25.3 Å². The van der Waals surface area contributed by atoms with E-state index in [0.717, 1.165) is 38.5 Å². The fraction of sp³-hybridized carbons (Fsp3) is 0.745. The SMILES string of the molecule is CC12CCC(C(=O)N(CC34CC5CC(CC(C5)C3)C4)CC3(O)CCC4C56C=CC7(C=C5C(=O)Cc5c(F)cccc5Cl)CC(O)CCC7(C)C6CCC43C)(OC1=O)C2(C)C. The normalized spacial score (nSPS) is 49.6. The quantitative estimate of drug-likeness (QED) is 0.200. The minimum absolute atomic E-state index is 0.00338. The van der Waals surface area contributed by atoms with Gasteiger partial charge in [-0.2, -0.15) is 0 Å². The molecule has 10 unspecified atom stereocenters. The predicted molar refractivity (Wildman–Crippen MR) is 226 cm³/mol. The molecule has 1 amide bonds. The Morgan fingerprint density at radius 3 is 2.13 bits per heavy atom. The van der Waals surface area contributed by atoms with E-state index in [1.54, 1.807) is 12.1 Å². The lowest BCUT2D eigenvalue weighted by molar-refractivity contribution is -0.192. The molecule has 1 aromatic rings. The van der Waals surface area contributed by atoms with Crippen LogP contribution in [0.5, 0.6) is 0 Å². The maximum absolute atomic E-state index is 15.7. The first-order valence-electron chi connectivity index (χ1n) is 23.5. The maximum atomic E-state index is 15.7. The van der Waals surface area contributed by atoms with Crippen LogP contribution in [0.15, 0.2) is 42.0 Å². The number of rotatable bonds is 8. The molecular formula is C51H65ClFNO6. The molecule has 1 heterocycles. The van der Waals surface area contributed by atoms with Gasteiger partial charge in [-0.3, -0.25) is 14.4 Å². The number of nitrogens with zero attached hydrogens (tertiary/aromatic N) is 1. The van der Waals surface area contributed by atoms with Gasteiger partial charge in [0.15, 0.2) is 11.4 Å². The Hall–Kier alpha value is -2.55. The van der Waals surface area contributed by atoms with Crippen molar-refractivity contribution >= 4 is 29.3 Å². The van der Waals surface area contributed by atoms with E-state index >= 15 is 14.0 Å². The van der Waals surface area contributed by atoms with Crippen molar-refractivity contribution in [3.05, 3.63) is 58.4 Å². The molecule has 9 fully saturated rings. The number of esters is 1. The Kier molecular flexibility index (Phi) is 8.30. The third kappa shape index (κ3) is 4.78. The lowest BCUT2D eigenvalue weighted by Gasteiger charge is -2.71. The van der Waals surface area contributed by atoms with Crippen molar-refractivity contribution in [2.45, 2.75) is 155 Å². The summed E-state index contributed by atoms with van der Waals surface area (Å²) < 4.78 is 21.7. The van der Waals surface area contributed by atoms with Crippen LogP contribution in [0.3, 0.4) is 0 Å². The van der Waals surface area contributed by atoms with E-state index in [1.807, 2.05) is 25.7 Å². The van der Waals surface area contributed by atoms with Gasteiger partial charge in [0.25, 0.3) is 5.91 Å². The second-order valence-corrected chi connectivity index (χ2v) is 24.3. The summed E-state index contributed by atoms with van der Waals surface area (Å²) in [7, 11) is 0. The van der Waals surface area contributed by atoms with Gasteiger partial charge in [-0.1, -0.05) is 63.6 Å². The van der Waals surface area contributed by atoms with Crippen molar-refractivity contribution in [3.8, 4) is 0 Å². The molecule has 12 aliphatic rings. The first-order valence-corrected chi connectivity index (χ1v) is 23.9. The van der Waals surface area contributed by atoms with Gasteiger partial charge in [-0.15, -0.1) is 0 Å². The van der Waals surface area contributed by atoms with Gasteiger partial charge >= 0.3 is 5.97 Å². The van der Waals surface area contributed by atoms with Crippen LogP contribution in [0.2, 0.25) is 5.02 Å². The molecule has 8 bridgehead atoms. The number of ketones is 1. The number of aliphatic hydroxyl groups is 2. The first kappa shape index (κ1) is 40.2. The van der Waals surface area contributed by atoms with Crippen LogP contribution in [0.4, 0.5) is 4.39 Å². The molecule has 7 nitrogen and oxygen atoms in total.